The van der Waals surface area contributed by atoms with E-state index in [1.165, 1.54) is 16.9 Å². The molecule has 0 amide bonds. The number of aryl methyl sites for hydroxylation is 1. The van der Waals surface area contributed by atoms with Crippen LogP contribution in [0.3, 0.4) is 0 Å². The fourth-order valence-electron chi connectivity index (χ4n) is 2.31. The first kappa shape index (κ1) is 12.4. The van der Waals surface area contributed by atoms with E-state index in [1.807, 2.05) is 4.57 Å². The van der Waals surface area contributed by atoms with Crippen LogP contribution < -0.4 is 0 Å². The summed E-state index contributed by atoms with van der Waals surface area (Å²) in [4.78, 5) is 11.2. The van der Waals surface area contributed by atoms with Gasteiger partial charge in [0, 0.05) is 18.6 Å². The molecule has 0 saturated carbocycles. The lowest BCUT2D eigenvalue weighted by atomic mass is 10.2. The van der Waals surface area contributed by atoms with E-state index in [0.717, 1.165) is 5.52 Å². The Balaban J connectivity index is 2.08. The summed E-state index contributed by atoms with van der Waals surface area (Å²) in [7, 11) is 1.69. The third-order valence-electron chi connectivity index (χ3n) is 3.37. The summed E-state index contributed by atoms with van der Waals surface area (Å²) in [6.07, 6.45) is 3.07. The van der Waals surface area contributed by atoms with Crippen LogP contribution in [-0.2, 0) is 13.6 Å². The second-order valence-corrected chi connectivity index (χ2v) is 4.55. The molecule has 5 nitrogen and oxygen atoms in total. The molecular formula is C14H12FN3O2. The van der Waals surface area contributed by atoms with Gasteiger partial charge in [0.05, 0.1) is 24.0 Å². The van der Waals surface area contributed by atoms with E-state index in [2.05, 4.69) is 5.10 Å². The molecule has 3 rings (SSSR count). The molecule has 0 bridgehead atoms. The molecule has 0 aliphatic heterocycles. The Bertz CT molecular complexity index is 804. The lowest BCUT2D eigenvalue weighted by Gasteiger charge is -2.07. The summed E-state index contributed by atoms with van der Waals surface area (Å²) in [5.74, 6) is -1.31. The van der Waals surface area contributed by atoms with Crippen molar-refractivity contribution in [2.45, 2.75) is 6.54 Å². The first-order valence-electron chi connectivity index (χ1n) is 6.05. The van der Waals surface area contributed by atoms with Gasteiger partial charge in [-0.2, -0.15) is 5.10 Å². The Morgan fingerprint density at radius 1 is 1.40 bits per heavy atom. The van der Waals surface area contributed by atoms with Gasteiger partial charge in [0.2, 0.25) is 0 Å². The molecule has 1 aromatic carbocycles. The zero-order valence-corrected chi connectivity index (χ0v) is 10.7. The number of hydrogen-bond acceptors (Lipinski definition) is 2. The van der Waals surface area contributed by atoms with Gasteiger partial charge in [0.15, 0.2) is 0 Å². The third-order valence-corrected chi connectivity index (χ3v) is 3.37. The van der Waals surface area contributed by atoms with Crippen LogP contribution >= 0.6 is 0 Å². The molecule has 0 fully saturated rings. The van der Waals surface area contributed by atoms with Crippen molar-refractivity contribution in [3.63, 3.8) is 0 Å². The number of rotatable bonds is 3. The molecule has 0 atom stereocenters. The van der Waals surface area contributed by atoms with Gasteiger partial charge in [-0.1, -0.05) is 6.07 Å². The van der Waals surface area contributed by atoms with Crippen LogP contribution in [0.4, 0.5) is 4.39 Å². The smallest absolute Gasteiger partial charge is 0.339 e. The van der Waals surface area contributed by atoms with E-state index >= 15 is 0 Å². The average molecular weight is 273 g/mol. The Labute approximate surface area is 113 Å². The van der Waals surface area contributed by atoms with Crippen molar-refractivity contribution in [1.29, 1.82) is 0 Å². The van der Waals surface area contributed by atoms with Crippen molar-refractivity contribution < 1.29 is 14.3 Å². The van der Waals surface area contributed by atoms with Crippen LogP contribution in [-0.4, -0.2) is 25.4 Å². The molecule has 1 N–H and O–H groups in total. The van der Waals surface area contributed by atoms with Gasteiger partial charge in [-0.05, 0) is 18.2 Å². The van der Waals surface area contributed by atoms with Crippen LogP contribution in [0.1, 0.15) is 16.1 Å². The van der Waals surface area contributed by atoms with E-state index in [9.17, 15) is 9.18 Å². The van der Waals surface area contributed by atoms with Crippen LogP contribution in [0, 0.1) is 5.82 Å². The maximum Gasteiger partial charge on any atom is 0.339 e. The Kier molecular flexibility index (Phi) is 2.78. The predicted octanol–water partition coefficient (Wildman–Crippen LogP) is 2.26. The number of hydrogen-bond donors (Lipinski definition) is 1. The van der Waals surface area contributed by atoms with E-state index in [1.54, 1.807) is 31.4 Å². The standard InChI is InChI=1S/C14H12FN3O2/c1-17-13(10(7-16-17)14(19)20)8-18-6-5-9-11(15)3-2-4-12(9)18/h2-7H,8H2,1H3,(H,19,20). The molecule has 0 aliphatic carbocycles. The van der Waals surface area contributed by atoms with Gasteiger partial charge in [-0.3, -0.25) is 4.68 Å². The topological polar surface area (TPSA) is 60.1 Å². The molecular weight excluding hydrogens is 261 g/mol. The van der Waals surface area contributed by atoms with Gasteiger partial charge >= 0.3 is 5.97 Å². The number of fused-ring (bicyclic) bond motifs is 1. The summed E-state index contributed by atoms with van der Waals surface area (Å²) < 4.78 is 17.0. The number of aromatic nitrogens is 3. The van der Waals surface area contributed by atoms with Crippen molar-refractivity contribution in [3.05, 3.63) is 53.7 Å². The highest BCUT2D eigenvalue weighted by Gasteiger charge is 2.16. The monoisotopic (exact) mass is 273 g/mol. The van der Waals surface area contributed by atoms with Crippen molar-refractivity contribution in [2.75, 3.05) is 0 Å². The summed E-state index contributed by atoms with van der Waals surface area (Å²) in [5, 5.41) is 13.6. The minimum atomic E-state index is -1.02. The molecule has 20 heavy (non-hydrogen) atoms. The molecule has 0 unspecified atom stereocenters. The molecule has 0 radical (unpaired) electrons. The Hall–Kier alpha value is -2.63. The summed E-state index contributed by atoms with van der Waals surface area (Å²) in [5.41, 5.74) is 1.45. The molecule has 0 aliphatic rings. The number of nitrogens with zero attached hydrogens (tertiary/aromatic N) is 3. The predicted molar refractivity (Wildman–Crippen MR) is 71.2 cm³/mol. The molecule has 2 aromatic heterocycles. The Morgan fingerprint density at radius 3 is 2.95 bits per heavy atom. The summed E-state index contributed by atoms with van der Waals surface area (Å²) >= 11 is 0. The maximum absolute atomic E-state index is 13.6. The van der Waals surface area contributed by atoms with E-state index in [0.29, 0.717) is 17.6 Å². The molecule has 0 spiro atoms. The van der Waals surface area contributed by atoms with E-state index in [4.69, 9.17) is 5.11 Å². The number of halogens is 1. The highest BCUT2D eigenvalue weighted by molar-refractivity contribution is 5.88. The average Bonchev–Trinajstić information content (AvgIpc) is 2.97. The van der Waals surface area contributed by atoms with E-state index in [-0.39, 0.29) is 11.4 Å². The van der Waals surface area contributed by atoms with Gasteiger partial charge in [-0.25, -0.2) is 9.18 Å². The fraction of sp³-hybridized carbons (Fsp3) is 0.143. The second-order valence-electron chi connectivity index (χ2n) is 4.55. The lowest BCUT2D eigenvalue weighted by Crippen LogP contribution is -2.09. The van der Waals surface area contributed by atoms with Crippen LogP contribution in [0.25, 0.3) is 10.9 Å². The third kappa shape index (κ3) is 1.85. The Morgan fingerprint density at radius 2 is 2.20 bits per heavy atom. The highest BCUT2D eigenvalue weighted by Crippen LogP contribution is 2.21. The van der Waals surface area contributed by atoms with Gasteiger partial charge in [0.1, 0.15) is 11.4 Å². The molecule has 102 valence electrons. The lowest BCUT2D eigenvalue weighted by molar-refractivity contribution is 0.0695. The van der Waals surface area contributed by atoms with Crippen LogP contribution in [0.5, 0.6) is 0 Å². The van der Waals surface area contributed by atoms with E-state index < -0.39 is 5.97 Å². The summed E-state index contributed by atoms with van der Waals surface area (Å²) in [6, 6.07) is 6.52. The second kappa shape index (κ2) is 4.48. The molecule has 6 heteroatoms. The maximum atomic E-state index is 13.6. The molecule has 0 saturated heterocycles. The zero-order chi connectivity index (χ0) is 14.3. The van der Waals surface area contributed by atoms with Gasteiger partial charge < -0.3 is 9.67 Å². The quantitative estimate of drug-likeness (QED) is 0.796. The number of carboxylic acids is 1. The van der Waals surface area contributed by atoms with Crippen molar-refractivity contribution in [3.8, 4) is 0 Å². The largest absolute Gasteiger partial charge is 0.478 e. The van der Waals surface area contributed by atoms with Crippen LogP contribution in [0.15, 0.2) is 36.7 Å². The normalized spacial score (nSPS) is 11.1. The van der Waals surface area contributed by atoms with Crippen molar-refractivity contribution >= 4 is 16.9 Å². The first-order valence-corrected chi connectivity index (χ1v) is 6.05. The summed E-state index contributed by atoms with van der Waals surface area (Å²) in [6.45, 7) is 0.324. The fourth-order valence-corrected chi connectivity index (χ4v) is 2.31. The number of benzene rings is 1. The van der Waals surface area contributed by atoms with Crippen LogP contribution in [0.2, 0.25) is 0 Å². The molecule has 3 aromatic rings. The zero-order valence-electron chi connectivity index (χ0n) is 10.7. The van der Waals surface area contributed by atoms with Crippen molar-refractivity contribution in [2.24, 2.45) is 7.05 Å². The van der Waals surface area contributed by atoms with Gasteiger partial charge in [-0.15, -0.1) is 0 Å². The number of aromatic carboxylic acids is 1. The first-order chi connectivity index (χ1) is 9.58. The minimum Gasteiger partial charge on any atom is -0.478 e. The SMILES string of the molecule is Cn1ncc(C(=O)O)c1Cn1ccc2c(F)cccc21. The van der Waals surface area contributed by atoms with Crippen molar-refractivity contribution in [1.82, 2.24) is 14.3 Å². The number of carboxylic acid groups (broad SMARTS) is 1. The minimum absolute atomic E-state index is 0.158. The number of carbonyl (C=O) groups is 1. The highest BCUT2D eigenvalue weighted by atomic mass is 19.1. The molecule has 2 heterocycles. The van der Waals surface area contributed by atoms with Gasteiger partial charge in [0.25, 0.3) is 0 Å².